The highest BCUT2D eigenvalue weighted by Gasteiger charge is 2.40. The maximum Gasteiger partial charge on any atom is 0.475 e. The van der Waals surface area contributed by atoms with Gasteiger partial charge in [0.2, 0.25) is 0 Å². The Balaban J connectivity index is 2.10. The Morgan fingerprint density at radius 1 is 1.16 bits per heavy atom. The van der Waals surface area contributed by atoms with Gasteiger partial charge >= 0.3 is 7.82 Å². The fourth-order valence-electron chi connectivity index (χ4n) is 2.47. The summed E-state index contributed by atoms with van der Waals surface area (Å²) in [5.41, 5.74) is 2.11. The van der Waals surface area contributed by atoms with Crippen LogP contribution >= 0.6 is 7.82 Å². The number of hydrogen-bond acceptors (Lipinski definition) is 4. The molecule has 1 aromatic carbocycles. The largest absolute Gasteiger partial charge is 0.475 e. The molecule has 0 aliphatic carbocycles. The Kier molecular flexibility index (Phi) is 6.50. The van der Waals surface area contributed by atoms with Gasteiger partial charge in [0.15, 0.2) is 0 Å². The summed E-state index contributed by atoms with van der Waals surface area (Å²) in [5.74, 6) is 0.171. The van der Waals surface area contributed by atoms with Crippen LogP contribution in [0.5, 0.6) is 0 Å². The van der Waals surface area contributed by atoms with Crippen molar-refractivity contribution < 1.29 is 18.1 Å². The van der Waals surface area contributed by atoms with E-state index >= 15 is 0 Å². The number of benzene rings is 1. The van der Waals surface area contributed by atoms with Crippen molar-refractivity contribution in [1.29, 1.82) is 0 Å². The van der Waals surface area contributed by atoms with E-state index in [-0.39, 0.29) is 17.4 Å². The van der Waals surface area contributed by atoms with Gasteiger partial charge in [-0.15, -0.1) is 0 Å². The van der Waals surface area contributed by atoms with Crippen molar-refractivity contribution in [2.24, 2.45) is 11.3 Å². The molecule has 25 heavy (non-hydrogen) atoms. The average molecular weight is 383 g/mol. The first-order valence-electron chi connectivity index (χ1n) is 8.85. The van der Waals surface area contributed by atoms with E-state index in [4.69, 9.17) is 13.6 Å². The fraction of sp³-hybridized carbons (Fsp3) is 0.579. The van der Waals surface area contributed by atoms with E-state index in [1.165, 1.54) is 5.19 Å². The molecule has 1 saturated heterocycles. The van der Waals surface area contributed by atoms with Gasteiger partial charge in [-0.25, -0.2) is 4.57 Å². The van der Waals surface area contributed by atoms with Crippen LogP contribution in [-0.4, -0.2) is 27.4 Å². The van der Waals surface area contributed by atoms with Gasteiger partial charge < -0.3 is 0 Å². The second-order valence-corrected chi connectivity index (χ2v) is 14.4. The van der Waals surface area contributed by atoms with Crippen LogP contribution in [0.4, 0.5) is 0 Å². The minimum Gasteiger partial charge on any atom is -0.286 e. The Morgan fingerprint density at radius 3 is 2.24 bits per heavy atom. The van der Waals surface area contributed by atoms with Gasteiger partial charge in [0.25, 0.3) is 0 Å². The summed E-state index contributed by atoms with van der Waals surface area (Å²) in [6.45, 7) is 13.5. The highest BCUT2D eigenvalue weighted by Crippen LogP contribution is 2.56. The molecule has 0 amide bonds. The normalized spacial score (nSPS) is 21.6. The lowest BCUT2D eigenvalue weighted by molar-refractivity contribution is -0.0109. The summed E-state index contributed by atoms with van der Waals surface area (Å²) in [6.07, 6.45) is 1.73. The molecule has 1 aliphatic heterocycles. The van der Waals surface area contributed by atoms with E-state index in [1.807, 2.05) is 39.8 Å². The van der Waals surface area contributed by atoms with Crippen molar-refractivity contribution in [1.82, 2.24) is 0 Å². The fourth-order valence-corrected chi connectivity index (χ4v) is 6.21. The highest BCUT2D eigenvalue weighted by molar-refractivity contribution is 7.48. The molecule has 0 bridgehead atoms. The van der Waals surface area contributed by atoms with E-state index in [2.05, 4.69) is 43.1 Å². The van der Waals surface area contributed by atoms with Crippen molar-refractivity contribution in [3.8, 4) is 0 Å². The molecule has 4 nitrogen and oxygen atoms in total. The van der Waals surface area contributed by atoms with Gasteiger partial charge in [0, 0.05) is 5.41 Å². The summed E-state index contributed by atoms with van der Waals surface area (Å²) < 4.78 is 29.5. The number of phosphoric acid groups is 1. The highest BCUT2D eigenvalue weighted by atomic mass is 31.2. The van der Waals surface area contributed by atoms with E-state index in [0.29, 0.717) is 13.2 Å². The topological polar surface area (TPSA) is 44.8 Å². The molecule has 1 heterocycles. The third-order valence-corrected chi connectivity index (χ3v) is 8.59. The summed E-state index contributed by atoms with van der Waals surface area (Å²) in [6, 6.07) is 10.5. The van der Waals surface area contributed by atoms with Crippen LogP contribution in [-0.2, 0) is 18.1 Å². The lowest BCUT2D eigenvalue weighted by atomic mass is 9.97. The predicted octanol–water partition coefficient (Wildman–Crippen LogP) is 4.92. The van der Waals surface area contributed by atoms with Crippen LogP contribution in [0.15, 0.2) is 42.1 Å². The smallest absolute Gasteiger partial charge is 0.286 e. The molecule has 2 rings (SSSR count). The average Bonchev–Trinajstić information content (AvgIpc) is 2.55. The first-order chi connectivity index (χ1) is 11.5. The molecule has 1 atom stereocenters. The number of hydrogen-bond donors (Lipinski definition) is 0. The molecular weight excluding hydrogens is 351 g/mol. The first kappa shape index (κ1) is 20.6. The third kappa shape index (κ3) is 5.90. The third-order valence-electron chi connectivity index (χ3n) is 4.36. The molecule has 1 unspecified atom stereocenters. The van der Waals surface area contributed by atoms with Crippen molar-refractivity contribution in [2.75, 3.05) is 13.2 Å². The summed E-state index contributed by atoms with van der Waals surface area (Å²) in [4.78, 5) is 0. The SMILES string of the molecule is CC(C)C(/C=C\[Si](C)(C)c1ccccc1)OP1(=O)OCC(C)(C)CO1. The maximum atomic E-state index is 12.7. The van der Waals surface area contributed by atoms with Crippen LogP contribution < -0.4 is 5.19 Å². The summed E-state index contributed by atoms with van der Waals surface area (Å²) in [5, 5.41) is 1.35. The standard InChI is InChI=1S/C19H31O4PSi/c1-16(2)18(23-24(20)21-14-19(3,4)15-22-24)12-13-25(5,6)17-10-8-7-9-11-17/h7-13,16,18H,14-15H2,1-6H3/b13-12-. The molecule has 140 valence electrons. The minimum atomic E-state index is -3.49. The van der Waals surface area contributed by atoms with Gasteiger partial charge in [0.05, 0.1) is 19.3 Å². The van der Waals surface area contributed by atoms with E-state index in [9.17, 15) is 4.57 Å². The van der Waals surface area contributed by atoms with E-state index < -0.39 is 15.9 Å². The van der Waals surface area contributed by atoms with Gasteiger partial charge in [-0.1, -0.05) is 88.1 Å². The Bertz CT molecular complexity index is 626. The Morgan fingerprint density at radius 2 is 1.72 bits per heavy atom. The lowest BCUT2D eigenvalue weighted by Crippen LogP contribution is -2.39. The molecule has 1 aromatic rings. The van der Waals surface area contributed by atoms with E-state index in [0.717, 1.165) is 0 Å². The van der Waals surface area contributed by atoms with Gasteiger partial charge in [-0.05, 0) is 5.92 Å². The molecule has 0 radical (unpaired) electrons. The second-order valence-electron chi connectivity index (χ2n) is 8.42. The van der Waals surface area contributed by atoms with Crippen molar-refractivity contribution in [3.63, 3.8) is 0 Å². The lowest BCUT2D eigenvalue weighted by Gasteiger charge is -2.35. The van der Waals surface area contributed by atoms with Crippen LogP contribution in [0.1, 0.15) is 27.7 Å². The maximum absolute atomic E-state index is 12.7. The monoisotopic (exact) mass is 382 g/mol. The number of rotatable bonds is 6. The van der Waals surface area contributed by atoms with Crippen LogP contribution in [0.2, 0.25) is 13.1 Å². The quantitative estimate of drug-likeness (QED) is 0.517. The van der Waals surface area contributed by atoms with Crippen LogP contribution in [0.25, 0.3) is 0 Å². The van der Waals surface area contributed by atoms with Gasteiger partial charge in [-0.3, -0.25) is 13.6 Å². The molecule has 0 aromatic heterocycles. The second kappa shape index (κ2) is 7.89. The molecule has 0 N–H and O–H groups in total. The van der Waals surface area contributed by atoms with Gasteiger partial charge in [-0.2, -0.15) is 0 Å². The molecular formula is C19H31O4PSi. The number of phosphoric ester groups is 1. The zero-order valence-electron chi connectivity index (χ0n) is 16.2. The molecule has 1 fully saturated rings. The predicted molar refractivity (Wildman–Crippen MR) is 106 cm³/mol. The first-order valence-corrected chi connectivity index (χ1v) is 13.4. The summed E-state index contributed by atoms with van der Waals surface area (Å²) in [7, 11) is -5.23. The van der Waals surface area contributed by atoms with Crippen LogP contribution in [0, 0.1) is 11.3 Å². The van der Waals surface area contributed by atoms with Crippen LogP contribution in [0.3, 0.4) is 0 Å². The minimum absolute atomic E-state index is 0.136. The zero-order chi connectivity index (χ0) is 18.7. The zero-order valence-corrected chi connectivity index (χ0v) is 18.1. The van der Waals surface area contributed by atoms with Crippen molar-refractivity contribution in [3.05, 3.63) is 42.1 Å². The molecule has 0 spiro atoms. The Labute approximate surface area is 153 Å². The van der Waals surface area contributed by atoms with Crippen molar-refractivity contribution in [2.45, 2.75) is 46.9 Å². The summed E-state index contributed by atoms with van der Waals surface area (Å²) >= 11 is 0. The molecule has 1 aliphatic rings. The molecule has 0 saturated carbocycles. The molecule has 6 heteroatoms. The van der Waals surface area contributed by atoms with Crippen molar-refractivity contribution >= 4 is 21.1 Å². The Hall–Kier alpha value is -0.713. The van der Waals surface area contributed by atoms with E-state index in [1.54, 1.807) is 0 Å². The van der Waals surface area contributed by atoms with Gasteiger partial charge in [0.1, 0.15) is 8.07 Å².